The molecule has 3 rings (SSSR count). The van der Waals surface area contributed by atoms with Gasteiger partial charge in [-0.15, -0.1) is 0 Å². The Labute approximate surface area is 154 Å². The Morgan fingerprint density at radius 3 is 2.52 bits per heavy atom. The number of piperazine rings is 1. The lowest BCUT2D eigenvalue weighted by Crippen LogP contribution is -2.47. The van der Waals surface area contributed by atoms with Gasteiger partial charge in [-0.2, -0.15) is 0 Å². The molecule has 1 saturated heterocycles. The summed E-state index contributed by atoms with van der Waals surface area (Å²) in [5.41, 5.74) is 1.93. The Bertz CT molecular complexity index is 678. The van der Waals surface area contributed by atoms with Crippen LogP contribution in [0.1, 0.15) is 24.6 Å². The Balaban J connectivity index is 1.66. The maximum Gasteiger partial charge on any atom is 0.212 e. The van der Waals surface area contributed by atoms with E-state index in [1.54, 1.807) is 7.11 Å². The number of aromatic nitrogens is 1. The van der Waals surface area contributed by atoms with Gasteiger partial charge in [-0.3, -0.25) is 9.80 Å². The van der Waals surface area contributed by atoms with Gasteiger partial charge in [0.1, 0.15) is 0 Å². The molecule has 1 aromatic heterocycles. The highest BCUT2D eigenvalue weighted by Gasteiger charge is 2.26. The monoisotopic (exact) mass is 363 g/mol. The van der Waals surface area contributed by atoms with Crippen LogP contribution < -0.4 is 0 Å². The van der Waals surface area contributed by atoms with Gasteiger partial charge in [0.05, 0.1) is 18.3 Å². The van der Waals surface area contributed by atoms with Gasteiger partial charge in [0.15, 0.2) is 5.76 Å². The van der Waals surface area contributed by atoms with Crippen molar-refractivity contribution in [1.29, 1.82) is 0 Å². The zero-order valence-electron chi connectivity index (χ0n) is 15.2. The van der Waals surface area contributed by atoms with Crippen LogP contribution in [-0.4, -0.2) is 61.2 Å². The van der Waals surface area contributed by atoms with Gasteiger partial charge in [0, 0.05) is 50.4 Å². The van der Waals surface area contributed by atoms with E-state index in [0.717, 1.165) is 67.3 Å². The van der Waals surface area contributed by atoms with E-state index in [2.05, 4.69) is 21.7 Å². The highest BCUT2D eigenvalue weighted by molar-refractivity contribution is 6.30. The van der Waals surface area contributed by atoms with Crippen LogP contribution in [0.4, 0.5) is 0 Å². The maximum absolute atomic E-state index is 6.12. The van der Waals surface area contributed by atoms with Gasteiger partial charge in [-0.1, -0.05) is 11.6 Å². The number of ether oxygens (including phenoxy) is 1. The minimum atomic E-state index is 0.171. The number of oxazole rings is 1. The highest BCUT2D eigenvalue weighted by Crippen LogP contribution is 2.30. The average Bonchev–Trinajstić information content (AvgIpc) is 3.02. The minimum Gasteiger partial charge on any atom is -0.439 e. The summed E-state index contributed by atoms with van der Waals surface area (Å²) < 4.78 is 11.3. The second-order valence-electron chi connectivity index (χ2n) is 6.52. The molecule has 1 aliphatic heterocycles. The summed E-state index contributed by atoms with van der Waals surface area (Å²) in [6.45, 7) is 10.1. The smallest absolute Gasteiger partial charge is 0.212 e. The predicted molar refractivity (Wildman–Crippen MR) is 100.0 cm³/mol. The standard InChI is InChI=1S/C19H26ClN3O2/c1-14-18(16-4-6-17(20)7-5-16)25-19(21-14)15(2)23-10-8-22(9-11-23)12-13-24-3/h4-7,15H,8-13H2,1-3H3. The molecule has 0 aliphatic carbocycles. The summed E-state index contributed by atoms with van der Waals surface area (Å²) in [5.74, 6) is 1.62. The van der Waals surface area contributed by atoms with Crippen molar-refractivity contribution in [2.24, 2.45) is 0 Å². The third-order valence-corrected chi connectivity index (χ3v) is 5.10. The number of aryl methyl sites for hydroxylation is 1. The van der Waals surface area contributed by atoms with Crippen LogP contribution in [0.3, 0.4) is 0 Å². The SMILES string of the molecule is COCCN1CCN(C(C)c2nc(C)c(-c3ccc(Cl)cc3)o2)CC1. The largest absolute Gasteiger partial charge is 0.439 e. The molecule has 0 saturated carbocycles. The molecule has 0 bridgehead atoms. The molecule has 1 atom stereocenters. The van der Waals surface area contributed by atoms with Crippen LogP contribution in [0.2, 0.25) is 5.02 Å². The number of halogens is 1. The van der Waals surface area contributed by atoms with Crippen molar-refractivity contribution in [3.63, 3.8) is 0 Å². The van der Waals surface area contributed by atoms with Crippen molar-refractivity contribution in [2.75, 3.05) is 46.4 Å². The molecular weight excluding hydrogens is 338 g/mol. The fourth-order valence-electron chi connectivity index (χ4n) is 3.22. The fraction of sp³-hybridized carbons (Fsp3) is 0.526. The van der Waals surface area contributed by atoms with Crippen molar-refractivity contribution in [3.8, 4) is 11.3 Å². The number of rotatable bonds is 6. The zero-order valence-corrected chi connectivity index (χ0v) is 15.9. The van der Waals surface area contributed by atoms with Crippen molar-refractivity contribution < 1.29 is 9.15 Å². The molecule has 25 heavy (non-hydrogen) atoms. The molecule has 6 heteroatoms. The van der Waals surface area contributed by atoms with Crippen LogP contribution in [0.5, 0.6) is 0 Å². The molecule has 1 aromatic carbocycles. The van der Waals surface area contributed by atoms with E-state index in [0.29, 0.717) is 0 Å². The summed E-state index contributed by atoms with van der Waals surface area (Å²) in [7, 11) is 1.75. The Morgan fingerprint density at radius 2 is 1.88 bits per heavy atom. The first kappa shape index (κ1) is 18.4. The molecule has 1 fully saturated rings. The maximum atomic E-state index is 6.12. The van der Waals surface area contributed by atoms with Crippen LogP contribution in [0.15, 0.2) is 28.7 Å². The average molecular weight is 364 g/mol. The molecule has 2 heterocycles. The van der Waals surface area contributed by atoms with E-state index in [-0.39, 0.29) is 6.04 Å². The van der Waals surface area contributed by atoms with Gasteiger partial charge in [0.2, 0.25) is 5.89 Å². The quantitative estimate of drug-likeness (QED) is 0.784. The predicted octanol–water partition coefficient (Wildman–Crippen LogP) is 3.63. The molecule has 1 aliphatic rings. The first-order chi connectivity index (χ1) is 12.1. The van der Waals surface area contributed by atoms with Crippen LogP contribution in [0.25, 0.3) is 11.3 Å². The number of benzene rings is 1. The van der Waals surface area contributed by atoms with E-state index < -0.39 is 0 Å². The Hall–Kier alpha value is -1.40. The third-order valence-electron chi connectivity index (χ3n) is 4.84. The minimum absolute atomic E-state index is 0.171. The summed E-state index contributed by atoms with van der Waals surface area (Å²) in [6, 6.07) is 7.87. The van der Waals surface area contributed by atoms with Crippen LogP contribution >= 0.6 is 11.6 Å². The summed E-state index contributed by atoms with van der Waals surface area (Å²) in [6.07, 6.45) is 0. The molecule has 1 unspecified atom stereocenters. The normalized spacial score (nSPS) is 17.8. The van der Waals surface area contributed by atoms with Crippen molar-refractivity contribution in [3.05, 3.63) is 40.9 Å². The van der Waals surface area contributed by atoms with Gasteiger partial charge < -0.3 is 9.15 Å². The van der Waals surface area contributed by atoms with Gasteiger partial charge in [0.25, 0.3) is 0 Å². The van der Waals surface area contributed by atoms with Gasteiger partial charge in [-0.05, 0) is 38.1 Å². The van der Waals surface area contributed by atoms with Gasteiger partial charge in [-0.25, -0.2) is 4.98 Å². The Morgan fingerprint density at radius 1 is 1.20 bits per heavy atom. The van der Waals surface area contributed by atoms with Crippen LogP contribution in [-0.2, 0) is 4.74 Å². The number of hydrogen-bond acceptors (Lipinski definition) is 5. The van der Waals surface area contributed by atoms with E-state index in [1.807, 2.05) is 31.2 Å². The highest BCUT2D eigenvalue weighted by atomic mass is 35.5. The molecule has 0 amide bonds. The van der Waals surface area contributed by atoms with E-state index in [1.165, 1.54) is 0 Å². The molecule has 0 N–H and O–H groups in total. The van der Waals surface area contributed by atoms with Crippen LogP contribution in [0, 0.1) is 6.92 Å². The molecule has 136 valence electrons. The first-order valence-electron chi connectivity index (χ1n) is 8.77. The topological polar surface area (TPSA) is 41.7 Å². The molecule has 2 aromatic rings. The Kier molecular flexibility index (Phi) is 6.12. The second kappa shape index (κ2) is 8.32. The molecule has 0 spiro atoms. The van der Waals surface area contributed by atoms with Crippen molar-refractivity contribution in [2.45, 2.75) is 19.9 Å². The summed E-state index contributed by atoms with van der Waals surface area (Å²) >= 11 is 5.97. The zero-order chi connectivity index (χ0) is 17.8. The lowest BCUT2D eigenvalue weighted by Gasteiger charge is -2.36. The number of methoxy groups -OCH3 is 1. The summed E-state index contributed by atoms with van der Waals surface area (Å²) in [5, 5.41) is 0.723. The number of hydrogen-bond donors (Lipinski definition) is 0. The molecular formula is C19H26ClN3O2. The third kappa shape index (κ3) is 4.42. The van der Waals surface area contributed by atoms with Crippen molar-refractivity contribution in [1.82, 2.24) is 14.8 Å². The molecule has 0 radical (unpaired) electrons. The van der Waals surface area contributed by atoms with E-state index >= 15 is 0 Å². The second-order valence-corrected chi connectivity index (χ2v) is 6.96. The lowest BCUT2D eigenvalue weighted by molar-refractivity contribution is 0.0717. The summed E-state index contributed by atoms with van der Waals surface area (Å²) in [4.78, 5) is 9.55. The van der Waals surface area contributed by atoms with Gasteiger partial charge >= 0.3 is 0 Å². The number of nitrogens with zero attached hydrogens (tertiary/aromatic N) is 3. The molecule has 5 nitrogen and oxygen atoms in total. The first-order valence-corrected chi connectivity index (χ1v) is 9.15. The van der Waals surface area contributed by atoms with Crippen molar-refractivity contribution >= 4 is 11.6 Å². The van der Waals surface area contributed by atoms with E-state index in [4.69, 9.17) is 20.8 Å². The van der Waals surface area contributed by atoms with E-state index in [9.17, 15) is 0 Å². The lowest BCUT2D eigenvalue weighted by atomic mass is 10.1. The fourth-order valence-corrected chi connectivity index (χ4v) is 3.34.